The molecule has 200 valence electrons. The van der Waals surface area contributed by atoms with Crippen molar-refractivity contribution in [2.45, 2.75) is 32.7 Å². The number of aryl methyl sites for hydroxylation is 1. The molecule has 0 saturated heterocycles. The number of carbonyl (C=O) groups excluding carboxylic acids is 2. The predicted octanol–water partition coefficient (Wildman–Crippen LogP) is 4.74. The first-order valence-electron chi connectivity index (χ1n) is 12.3. The zero-order valence-corrected chi connectivity index (χ0v) is 22.2. The molecule has 9 heteroatoms. The third-order valence-electron chi connectivity index (χ3n) is 7.37. The molecule has 0 radical (unpaired) electrons. The van der Waals surface area contributed by atoms with Gasteiger partial charge in [0, 0.05) is 18.7 Å². The largest absolute Gasteiger partial charge is 0.507 e. The first-order valence-corrected chi connectivity index (χ1v) is 12.3. The lowest BCUT2D eigenvalue weighted by Gasteiger charge is -2.28. The van der Waals surface area contributed by atoms with E-state index >= 15 is 0 Å². The molecule has 1 atom stereocenters. The number of fused-ring (bicyclic) bond motifs is 4. The molecule has 1 aliphatic heterocycles. The summed E-state index contributed by atoms with van der Waals surface area (Å²) in [6.45, 7) is 5.29. The van der Waals surface area contributed by atoms with E-state index in [2.05, 4.69) is 10.5 Å². The highest BCUT2D eigenvalue weighted by Crippen LogP contribution is 2.56. The van der Waals surface area contributed by atoms with Crippen LogP contribution in [0.2, 0.25) is 0 Å². The number of nitrogens with zero attached hydrogens (tertiary/aromatic N) is 1. The average Bonchev–Trinajstić information content (AvgIpc) is 3.21. The average molecular weight is 529 g/mol. The van der Waals surface area contributed by atoms with E-state index in [1.165, 1.54) is 33.3 Å². The van der Waals surface area contributed by atoms with Gasteiger partial charge >= 0.3 is 0 Å². The number of nitrogens with one attached hydrogen (secondary N) is 1. The Bertz CT molecular complexity index is 1650. The molecule has 1 aliphatic carbocycles. The number of ketones is 1. The summed E-state index contributed by atoms with van der Waals surface area (Å²) in [5.41, 5.74) is 0.649. The van der Waals surface area contributed by atoms with Gasteiger partial charge in [-0.15, -0.1) is 0 Å². The fourth-order valence-electron chi connectivity index (χ4n) is 5.35. The second-order valence-corrected chi connectivity index (χ2v) is 9.63. The summed E-state index contributed by atoms with van der Waals surface area (Å²) < 4.78 is 11.5. The fourth-order valence-corrected chi connectivity index (χ4v) is 5.35. The first-order chi connectivity index (χ1) is 18.6. The van der Waals surface area contributed by atoms with Crippen LogP contribution in [0.5, 0.6) is 17.2 Å². The number of aliphatic hydroxyl groups is 1. The molecule has 0 unspecified atom stereocenters. The van der Waals surface area contributed by atoms with Crippen LogP contribution in [-0.4, -0.2) is 41.8 Å². The molecule has 3 aromatic rings. The molecule has 1 amide bonds. The Morgan fingerprint density at radius 1 is 1.15 bits per heavy atom. The fraction of sp³-hybridized carbons (Fsp3) is 0.233. The van der Waals surface area contributed by atoms with Crippen LogP contribution in [0.4, 0.5) is 0 Å². The second-order valence-electron chi connectivity index (χ2n) is 9.63. The van der Waals surface area contributed by atoms with Crippen LogP contribution in [0.1, 0.15) is 40.9 Å². The third-order valence-corrected chi connectivity index (χ3v) is 7.37. The maximum Gasteiger partial charge on any atom is 0.259 e. The summed E-state index contributed by atoms with van der Waals surface area (Å²) in [7, 11) is 2.70. The maximum atomic E-state index is 13.8. The van der Waals surface area contributed by atoms with E-state index in [1.54, 1.807) is 6.92 Å². The van der Waals surface area contributed by atoms with E-state index in [4.69, 9.17) is 14.3 Å². The number of carbonyl (C=O) groups is 2. The van der Waals surface area contributed by atoms with Crippen molar-refractivity contribution in [1.82, 2.24) is 5.32 Å². The molecule has 3 aromatic carbocycles. The van der Waals surface area contributed by atoms with Gasteiger partial charge in [0.05, 0.1) is 24.0 Å². The van der Waals surface area contributed by atoms with E-state index in [9.17, 15) is 19.8 Å². The van der Waals surface area contributed by atoms with E-state index in [0.717, 1.165) is 21.9 Å². The van der Waals surface area contributed by atoms with Crippen LogP contribution in [0.25, 0.3) is 10.8 Å². The van der Waals surface area contributed by atoms with Crippen molar-refractivity contribution in [2.75, 3.05) is 14.2 Å². The first kappa shape index (κ1) is 25.8. The van der Waals surface area contributed by atoms with Gasteiger partial charge < -0.3 is 29.8 Å². The number of hydrogen-bond donors (Lipinski definition) is 3. The standard InChI is InChI=1S/C30H28N2O7/c1-15-10-11-17-8-6-7-9-18(17)19(15)14-31-29(36)25-22(37-4)12-21(34)26-27(25)39-23-13-20(33)24(16(2)32-38-5)28(35)30(23,26)3/h6-13,33-34H,14H2,1-5H3,(H,31,36)/t30-/m1/s1. The number of Topliss-reactive ketones (excluding diaryl/α,β-unsaturated/α-hetero) is 1. The SMILES string of the molecule is CON=C(C)C1=C(O)C=C2Oc3c(C(=O)NCc4c(C)ccc5ccccc45)c(OC)cc(O)c3[C@]2(C)C1=O. The van der Waals surface area contributed by atoms with Crippen LogP contribution >= 0.6 is 0 Å². The third kappa shape index (κ3) is 3.89. The predicted molar refractivity (Wildman–Crippen MR) is 145 cm³/mol. The molecule has 9 nitrogen and oxygen atoms in total. The number of phenolic OH excluding ortho intramolecular Hbond substituents is 1. The van der Waals surface area contributed by atoms with Crippen molar-refractivity contribution >= 4 is 28.2 Å². The molecule has 2 aliphatic rings. The van der Waals surface area contributed by atoms with Gasteiger partial charge in [0.15, 0.2) is 11.5 Å². The van der Waals surface area contributed by atoms with E-state index in [-0.39, 0.29) is 57.7 Å². The smallest absolute Gasteiger partial charge is 0.259 e. The summed E-state index contributed by atoms with van der Waals surface area (Å²) in [5, 5.41) is 30.5. The lowest BCUT2D eigenvalue weighted by Crippen LogP contribution is -2.38. The molecule has 0 spiro atoms. The molecule has 5 rings (SSSR count). The van der Waals surface area contributed by atoms with E-state index in [0.29, 0.717) is 0 Å². The number of oxime groups is 1. The molecular weight excluding hydrogens is 500 g/mol. The maximum absolute atomic E-state index is 13.8. The minimum Gasteiger partial charge on any atom is -0.507 e. The van der Waals surface area contributed by atoms with Crippen LogP contribution in [0.3, 0.4) is 0 Å². The molecule has 0 fully saturated rings. The van der Waals surface area contributed by atoms with Crippen molar-refractivity contribution in [3.63, 3.8) is 0 Å². The highest BCUT2D eigenvalue weighted by Gasteiger charge is 2.55. The molecule has 0 bridgehead atoms. The van der Waals surface area contributed by atoms with E-state index in [1.807, 2.05) is 43.3 Å². The highest BCUT2D eigenvalue weighted by molar-refractivity contribution is 6.27. The number of phenols is 1. The highest BCUT2D eigenvalue weighted by atomic mass is 16.6. The number of ether oxygens (including phenoxy) is 2. The van der Waals surface area contributed by atoms with Crippen LogP contribution < -0.4 is 14.8 Å². The van der Waals surface area contributed by atoms with Crippen LogP contribution in [0.15, 0.2) is 70.8 Å². The van der Waals surface area contributed by atoms with Gasteiger partial charge in [0.1, 0.15) is 41.1 Å². The summed E-state index contributed by atoms with van der Waals surface area (Å²) in [4.78, 5) is 32.2. The molecular formula is C30H28N2O7. The summed E-state index contributed by atoms with van der Waals surface area (Å²) in [5.74, 6) is -1.60. The summed E-state index contributed by atoms with van der Waals surface area (Å²) in [6, 6.07) is 13.2. The van der Waals surface area contributed by atoms with Crippen LogP contribution in [0, 0.1) is 6.92 Å². The summed E-state index contributed by atoms with van der Waals surface area (Å²) in [6.07, 6.45) is 1.29. The lowest BCUT2D eigenvalue weighted by molar-refractivity contribution is -0.119. The van der Waals surface area contributed by atoms with Crippen molar-refractivity contribution in [3.8, 4) is 17.2 Å². The molecule has 3 N–H and O–H groups in total. The monoisotopic (exact) mass is 528 g/mol. The van der Waals surface area contributed by atoms with Gasteiger partial charge in [-0.25, -0.2) is 0 Å². The van der Waals surface area contributed by atoms with Gasteiger partial charge in [0.2, 0.25) is 0 Å². The minimum absolute atomic E-state index is 0.0172. The Hall–Kier alpha value is -4.79. The number of hydrogen-bond acceptors (Lipinski definition) is 8. The van der Waals surface area contributed by atoms with E-state index < -0.39 is 17.1 Å². The number of aliphatic hydroxyl groups excluding tert-OH is 1. The van der Waals surface area contributed by atoms with Gasteiger partial charge in [-0.3, -0.25) is 9.59 Å². The van der Waals surface area contributed by atoms with Crippen molar-refractivity contribution in [3.05, 3.63) is 87.9 Å². The molecule has 0 aromatic heterocycles. The van der Waals surface area contributed by atoms with Crippen molar-refractivity contribution < 1.29 is 34.1 Å². The van der Waals surface area contributed by atoms with Crippen molar-refractivity contribution in [2.24, 2.45) is 5.16 Å². The summed E-state index contributed by atoms with van der Waals surface area (Å²) >= 11 is 0. The zero-order valence-electron chi connectivity index (χ0n) is 22.2. The Morgan fingerprint density at radius 3 is 2.62 bits per heavy atom. The van der Waals surface area contributed by atoms with Crippen molar-refractivity contribution in [1.29, 1.82) is 0 Å². The normalized spacial score (nSPS) is 18.3. The zero-order chi connectivity index (χ0) is 28.1. The van der Waals surface area contributed by atoms with Gasteiger partial charge in [-0.2, -0.15) is 0 Å². The Kier molecular flexibility index (Phi) is 6.30. The quantitative estimate of drug-likeness (QED) is 0.311. The Balaban J connectivity index is 1.58. The Labute approximate surface area is 225 Å². The number of rotatable bonds is 6. The lowest BCUT2D eigenvalue weighted by atomic mass is 9.71. The Morgan fingerprint density at radius 2 is 1.90 bits per heavy atom. The minimum atomic E-state index is -1.53. The molecule has 1 heterocycles. The van der Waals surface area contributed by atoms with Crippen LogP contribution in [-0.2, 0) is 21.6 Å². The number of allylic oxidation sites excluding steroid dienone is 3. The van der Waals surface area contributed by atoms with Gasteiger partial charge in [-0.1, -0.05) is 41.6 Å². The molecule has 39 heavy (non-hydrogen) atoms. The second kappa shape index (κ2) is 9.50. The number of methoxy groups -OCH3 is 1. The number of amides is 1. The topological polar surface area (TPSA) is 127 Å². The van der Waals surface area contributed by atoms with Gasteiger partial charge in [-0.05, 0) is 42.7 Å². The number of benzene rings is 3. The number of aromatic hydroxyl groups is 1. The van der Waals surface area contributed by atoms with Gasteiger partial charge in [0.25, 0.3) is 5.91 Å². The molecule has 0 saturated carbocycles.